The van der Waals surface area contributed by atoms with Crippen LogP contribution in [0.15, 0.2) is 17.0 Å². The fourth-order valence-corrected chi connectivity index (χ4v) is 2.69. The molecule has 0 saturated carbocycles. The monoisotopic (exact) mass is 293 g/mol. The number of benzene rings is 1. The molecule has 0 unspecified atom stereocenters. The number of carbonyl (C=O) groups excluding carboxylic acids is 1. The van der Waals surface area contributed by atoms with Crippen LogP contribution in [0.4, 0.5) is 4.39 Å². The van der Waals surface area contributed by atoms with Crippen LogP contribution in [0, 0.1) is 12.7 Å². The Bertz CT molecular complexity index is 584. The minimum absolute atomic E-state index is 0.0390. The van der Waals surface area contributed by atoms with E-state index in [0.29, 0.717) is 0 Å². The molecule has 4 nitrogen and oxygen atoms in total. The summed E-state index contributed by atoms with van der Waals surface area (Å²) in [7, 11) is 1.10. The SMILES string of the molecule is Cc1c(C(=O)NC(C)C)cc(F)cc1S(=O)(=O)Cl. The molecule has 0 spiro atoms. The van der Waals surface area contributed by atoms with E-state index in [9.17, 15) is 17.6 Å². The Labute approximate surface area is 110 Å². The van der Waals surface area contributed by atoms with Crippen molar-refractivity contribution in [3.05, 3.63) is 29.1 Å². The highest BCUT2D eigenvalue weighted by Crippen LogP contribution is 2.24. The predicted octanol–water partition coefficient (Wildman–Crippen LogP) is 2.20. The van der Waals surface area contributed by atoms with Crippen LogP contribution in [0.5, 0.6) is 0 Å². The molecule has 1 aromatic carbocycles. The van der Waals surface area contributed by atoms with Crippen LogP contribution in [0.2, 0.25) is 0 Å². The maximum absolute atomic E-state index is 13.3. The maximum Gasteiger partial charge on any atom is 0.261 e. The van der Waals surface area contributed by atoms with E-state index in [1.165, 1.54) is 6.92 Å². The van der Waals surface area contributed by atoms with Crippen LogP contribution in [-0.2, 0) is 9.05 Å². The highest BCUT2D eigenvalue weighted by molar-refractivity contribution is 8.13. The van der Waals surface area contributed by atoms with Crippen LogP contribution in [0.1, 0.15) is 29.8 Å². The van der Waals surface area contributed by atoms with Gasteiger partial charge in [-0.15, -0.1) is 0 Å². The molecular formula is C11H13ClFNO3S. The zero-order valence-corrected chi connectivity index (χ0v) is 11.7. The number of nitrogens with one attached hydrogen (secondary N) is 1. The summed E-state index contributed by atoms with van der Waals surface area (Å²) in [5.74, 6) is -1.36. The van der Waals surface area contributed by atoms with Crippen molar-refractivity contribution < 1.29 is 17.6 Å². The third-order valence-corrected chi connectivity index (χ3v) is 3.70. The van der Waals surface area contributed by atoms with E-state index in [4.69, 9.17) is 10.7 Å². The van der Waals surface area contributed by atoms with Gasteiger partial charge in [0.15, 0.2) is 0 Å². The average Bonchev–Trinajstić information content (AvgIpc) is 2.18. The molecule has 100 valence electrons. The lowest BCUT2D eigenvalue weighted by Crippen LogP contribution is -2.31. The van der Waals surface area contributed by atoms with Gasteiger partial charge >= 0.3 is 0 Å². The van der Waals surface area contributed by atoms with Crippen LogP contribution >= 0.6 is 10.7 Å². The second-order valence-corrected chi connectivity index (χ2v) is 6.68. The van der Waals surface area contributed by atoms with E-state index in [-0.39, 0.29) is 17.2 Å². The molecule has 1 N–H and O–H groups in total. The summed E-state index contributed by atoms with van der Waals surface area (Å²) in [6.45, 7) is 4.89. The van der Waals surface area contributed by atoms with Crippen molar-refractivity contribution >= 4 is 25.6 Å². The van der Waals surface area contributed by atoms with Crippen LogP contribution in [0.25, 0.3) is 0 Å². The molecule has 0 bridgehead atoms. The van der Waals surface area contributed by atoms with Crippen LogP contribution < -0.4 is 5.32 Å². The van der Waals surface area contributed by atoms with Gasteiger partial charge in [-0.3, -0.25) is 4.79 Å². The largest absolute Gasteiger partial charge is 0.350 e. The smallest absolute Gasteiger partial charge is 0.261 e. The van der Waals surface area contributed by atoms with Gasteiger partial charge in [-0.1, -0.05) is 0 Å². The lowest BCUT2D eigenvalue weighted by Gasteiger charge is -2.12. The first kappa shape index (κ1) is 14.9. The van der Waals surface area contributed by atoms with E-state index in [1.807, 2.05) is 0 Å². The second kappa shape index (κ2) is 5.24. The summed E-state index contributed by atoms with van der Waals surface area (Å²) >= 11 is 0. The van der Waals surface area contributed by atoms with Crippen molar-refractivity contribution in [2.24, 2.45) is 0 Å². The van der Waals surface area contributed by atoms with Gasteiger partial charge in [0.2, 0.25) is 0 Å². The Balaban J connectivity index is 3.39. The minimum Gasteiger partial charge on any atom is -0.350 e. The van der Waals surface area contributed by atoms with Crippen LogP contribution in [0.3, 0.4) is 0 Å². The number of hydrogen-bond donors (Lipinski definition) is 1. The Morgan fingerprint density at radius 1 is 1.39 bits per heavy atom. The van der Waals surface area contributed by atoms with Gasteiger partial charge in [0.25, 0.3) is 15.0 Å². The van der Waals surface area contributed by atoms with E-state index in [1.54, 1.807) is 13.8 Å². The van der Waals surface area contributed by atoms with Crippen LogP contribution in [-0.4, -0.2) is 20.4 Å². The molecule has 0 aromatic heterocycles. The average molecular weight is 294 g/mol. The zero-order chi connectivity index (χ0) is 14.1. The number of carbonyl (C=O) groups is 1. The Morgan fingerprint density at radius 2 is 1.94 bits per heavy atom. The molecule has 0 aliphatic rings. The zero-order valence-electron chi connectivity index (χ0n) is 10.1. The second-order valence-electron chi connectivity index (χ2n) is 4.14. The molecule has 0 aliphatic carbocycles. The van der Waals surface area contributed by atoms with Gasteiger partial charge in [-0.25, -0.2) is 12.8 Å². The molecular weight excluding hydrogens is 281 g/mol. The first-order chi connectivity index (χ1) is 8.12. The molecule has 0 atom stereocenters. The van der Waals surface area contributed by atoms with Gasteiger partial charge in [0.05, 0.1) is 4.90 Å². The van der Waals surface area contributed by atoms with Gasteiger partial charge in [0, 0.05) is 22.3 Å². The standard InChI is InChI=1S/C11H13ClFNO3S/c1-6(2)14-11(15)9-4-8(13)5-10(7(9)3)18(12,16)17/h4-6H,1-3H3,(H,14,15). The van der Waals surface area contributed by atoms with E-state index in [0.717, 1.165) is 12.1 Å². The molecule has 1 amide bonds. The molecule has 0 fully saturated rings. The minimum atomic E-state index is -4.09. The fourth-order valence-electron chi connectivity index (χ4n) is 1.48. The molecule has 0 aliphatic heterocycles. The van der Waals surface area contributed by atoms with Gasteiger partial charge < -0.3 is 5.32 Å². The molecule has 0 heterocycles. The number of hydrogen-bond acceptors (Lipinski definition) is 3. The molecule has 0 saturated heterocycles. The Morgan fingerprint density at radius 3 is 2.39 bits per heavy atom. The van der Waals surface area contributed by atoms with Gasteiger partial charge in [-0.2, -0.15) is 0 Å². The highest BCUT2D eigenvalue weighted by Gasteiger charge is 2.21. The normalized spacial score (nSPS) is 11.7. The topological polar surface area (TPSA) is 63.2 Å². The molecule has 18 heavy (non-hydrogen) atoms. The lowest BCUT2D eigenvalue weighted by atomic mass is 10.1. The molecule has 7 heteroatoms. The van der Waals surface area contributed by atoms with Crippen molar-refractivity contribution in [1.29, 1.82) is 0 Å². The first-order valence-electron chi connectivity index (χ1n) is 5.18. The van der Waals surface area contributed by atoms with Crippen molar-refractivity contribution in [1.82, 2.24) is 5.32 Å². The quantitative estimate of drug-likeness (QED) is 0.869. The number of amides is 1. The number of halogens is 2. The summed E-state index contributed by atoms with van der Waals surface area (Å²) in [5.41, 5.74) is 0.0903. The molecule has 1 aromatic rings. The van der Waals surface area contributed by atoms with Crippen molar-refractivity contribution in [2.45, 2.75) is 31.7 Å². The van der Waals surface area contributed by atoms with Crippen molar-refractivity contribution in [3.63, 3.8) is 0 Å². The highest BCUT2D eigenvalue weighted by atomic mass is 35.7. The predicted molar refractivity (Wildman–Crippen MR) is 66.8 cm³/mol. The first-order valence-corrected chi connectivity index (χ1v) is 7.49. The Hall–Kier alpha value is -1.14. The summed E-state index contributed by atoms with van der Waals surface area (Å²) in [6, 6.07) is 1.64. The summed E-state index contributed by atoms with van der Waals surface area (Å²) in [4.78, 5) is 11.4. The lowest BCUT2D eigenvalue weighted by molar-refractivity contribution is 0.0941. The third kappa shape index (κ3) is 3.43. The van der Waals surface area contributed by atoms with Gasteiger partial charge in [-0.05, 0) is 38.5 Å². The summed E-state index contributed by atoms with van der Waals surface area (Å²) < 4.78 is 35.9. The van der Waals surface area contributed by atoms with E-state index >= 15 is 0 Å². The summed E-state index contributed by atoms with van der Waals surface area (Å²) in [5, 5.41) is 2.56. The van der Waals surface area contributed by atoms with Crippen molar-refractivity contribution in [3.8, 4) is 0 Å². The Kier molecular flexibility index (Phi) is 4.34. The molecule has 1 rings (SSSR count). The van der Waals surface area contributed by atoms with E-state index in [2.05, 4.69) is 5.32 Å². The fraction of sp³-hybridized carbons (Fsp3) is 0.364. The van der Waals surface area contributed by atoms with Gasteiger partial charge in [0.1, 0.15) is 5.82 Å². The third-order valence-electron chi connectivity index (χ3n) is 2.25. The number of rotatable bonds is 3. The van der Waals surface area contributed by atoms with Crippen molar-refractivity contribution in [2.75, 3.05) is 0 Å². The molecule has 0 radical (unpaired) electrons. The maximum atomic E-state index is 13.3. The summed E-state index contributed by atoms with van der Waals surface area (Å²) in [6.07, 6.45) is 0. The van der Waals surface area contributed by atoms with E-state index < -0.39 is 25.7 Å².